The molecule has 1 fully saturated rings. The largest absolute Gasteiger partial charge is 0.490 e. The van der Waals surface area contributed by atoms with Crippen LogP contribution < -0.4 is 9.44 Å². The van der Waals surface area contributed by atoms with E-state index in [4.69, 9.17) is 9.90 Å². The second-order valence-electron chi connectivity index (χ2n) is 9.28. The number of aromatic nitrogens is 2. The number of nitrogens with zero attached hydrogens (tertiary/aromatic N) is 1. The van der Waals surface area contributed by atoms with Crippen molar-refractivity contribution in [3.63, 3.8) is 0 Å². The van der Waals surface area contributed by atoms with Crippen LogP contribution in [-0.4, -0.2) is 50.0 Å². The van der Waals surface area contributed by atoms with Crippen LogP contribution in [0.4, 0.5) is 13.2 Å². The summed E-state index contributed by atoms with van der Waals surface area (Å²) in [4.78, 5) is 28.4. The van der Waals surface area contributed by atoms with Crippen molar-refractivity contribution in [2.24, 2.45) is 0 Å². The van der Waals surface area contributed by atoms with Gasteiger partial charge in [-0.05, 0) is 53.9 Å². The molecule has 1 aliphatic rings. The van der Waals surface area contributed by atoms with Gasteiger partial charge in [-0.25, -0.2) is 31.3 Å². The Kier molecular flexibility index (Phi) is 9.29. The van der Waals surface area contributed by atoms with Gasteiger partial charge >= 0.3 is 12.1 Å². The molecule has 17 heteroatoms. The quantitative estimate of drug-likeness (QED) is 0.223. The molecule has 2 atom stereocenters. The van der Waals surface area contributed by atoms with Crippen LogP contribution in [0.3, 0.4) is 0 Å². The van der Waals surface area contributed by atoms with Gasteiger partial charge in [0.05, 0.1) is 28.4 Å². The molecule has 11 nitrogen and oxygen atoms in total. The third-order valence-electron chi connectivity index (χ3n) is 6.19. The minimum atomic E-state index is -5.08. The van der Waals surface area contributed by atoms with E-state index in [1.807, 2.05) is 29.0 Å². The molecule has 1 aromatic heterocycles. The van der Waals surface area contributed by atoms with Gasteiger partial charge in [0, 0.05) is 4.47 Å². The van der Waals surface area contributed by atoms with E-state index in [9.17, 15) is 34.8 Å². The van der Waals surface area contributed by atoms with Crippen molar-refractivity contribution in [2.75, 3.05) is 0 Å². The van der Waals surface area contributed by atoms with Gasteiger partial charge in [-0.2, -0.15) is 13.2 Å². The predicted molar refractivity (Wildman–Crippen MR) is 152 cm³/mol. The summed E-state index contributed by atoms with van der Waals surface area (Å²) in [5.41, 5.74) is 2.74. The van der Waals surface area contributed by atoms with Crippen molar-refractivity contribution < 1.29 is 44.7 Å². The first-order chi connectivity index (χ1) is 20.0. The molecule has 5 rings (SSSR count). The van der Waals surface area contributed by atoms with Crippen molar-refractivity contribution in [1.29, 1.82) is 0 Å². The SMILES string of the molecule is O=C(O)C(F)(F)F.O=C1CC(c2ccc(C[C@H](NS(=O)(=O)c3ccc(Br)cc3)c3nc4ccccc4[nH]3)cc2)S(=O)(=O)N1. The number of rotatable bonds is 7. The molecule has 4 N–H and O–H groups in total. The summed E-state index contributed by atoms with van der Waals surface area (Å²) in [7, 11) is -7.63. The zero-order chi connectivity index (χ0) is 31.6. The summed E-state index contributed by atoms with van der Waals surface area (Å²) in [6.07, 6.45) is -4.96. The number of benzene rings is 3. The standard InChI is InChI=1S/C24H21BrN4O5S2.C2HF3O2/c25-17-9-11-18(12-10-17)35(31,32)28-21(24-26-19-3-1-2-4-20(19)27-24)13-15-5-7-16(8-6-15)22-14-23(30)29-36(22,33)34;3-2(4,5)1(6)7/h1-12,21-22,28H,13-14H2,(H,26,27)(H,29,30);(H,6,7)/t21-,22?;/m0./s1. The summed E-state index contributed by atoms with van der Waals surface area (Å²) >= 11 is 3.31. The minimum Gasteiger partial charge on any atom is -0.475 e. The molecule has 3 aromatic carbocycles. The number of para-hydroxylation sites is 2. The fraction of sp³-hybridized carbons (Fsp3) is 0.192. The number of aliphatic carboxylic acids is 1. The Balaban J connectivity index is 0.000000541. The van der Waals surface area contributed by atoms with Crippen molar-refractivity contribution in [1.82, 2.24) is 19.4 Å². The number of fused-ring (bicyclic) bond motifs is 1. The minimum absolute atomic E-state index is 0.116. The zero-order valence-corrected chi connectivity index (χ0v) is 24.9. The van der Waals surface area contributed by atoms with Gasteiger partial charge in [0.1, 0.15) is 11.1 Å². The van der Waals surface area contributed by atoms with Gasteiger partial charge in [-0.15, -0.1) is 0 Å². The fourth-order valence-corrected chi connectivity index (χ4v) is 7.04. The van der Waals surface area contributed by atoms with Crippen molar-refractivity contribution in [3.8, 4) is 0 Å². The van der Waals surface area contributed by atoms with E-state index >= 15 is 0 Å². The lowest BCUT2D eigenvalue weighted by atomic mass is 10.0. The third kappa shape index (κ3) is 7.98. The molecular weight excluding hydrogens is 681 g/mol. The monoisotopic (exact) mass is 702 g/mol. The van der Waals surface area contributed by atoms with Gasteiger partial charge in [0.25, 0.3) is 0 Å². The van der Waals surface area contributed by atoms with E-state index in [0.717, 1.165) is 15.6 Å². The maximum atomic E-state index is 13.2. The topological polar surface area (TPSA) is 175 Å². The summed E-state index contributed by atoms with van der Waals surface area (Å²) in [6.45, 7) is 0. The molecule has 1 aliphatic heterocycles. The van der Waals surface area contributed by atoms with Crippen LogP contribution in [0, 0.1) is 0 Å². The van der Waals surface area contributed by atoms with E-state index in [1.54, 1.807) is 36.4 Å². The van der Waals surface area contributed by atoms with Crippen LogP contribution in [0.2, 0.25) is 0 Å². The molecule has 4 aromatic rings. The molecule has 1 unspecified atom stereocenters. The smallest absolute Gasteiger partial charge is 0.475 e. The molecule has 43 heavy (non-hydrogen) atoms. The summed E-state index contributed by atoms with van der Waals surface area (Å²) < 4.78 is 88.0. The second kappa shape index (κ2) is 12.4. The Morgan fingerprint density at radius 3 is 2.21 bits per heavy atom. The number of alkyl halides is 3. The van der Waals surface area contributed by atoms with Gasteiger partial charge in [-0.3, -0.25) is 9.52 Å². The number of aromatic amines is 1. The number of H-pyrrole nitrogens is 1. The highest BCUT2D eigenvalue weighted by Gasteiger charge is 2.38. The second-order valence-corrected chi connectivity index (χ2v) is 13.8. The first-order valence-corrected chi connectivity index (χ1v) is 16.0. The predicted octanol–water partition coefficient (Wildman–Crippen LogP) is 4.11. The molecule has 1 saturated heterocycles. The number of hydrogen-bond donors (Lipinski definition) is 4. The van der Waals surface area contributed by atoms with Crippen LogP contribution in [0.15, 0.2) is 82.2 Å². The molecular formula is C26H22BrF3N4O7S2. The number of imidazole rings is 1. The van der Waals surface area contributed by atoms with E-state index in [1.165, 1.54) is 12.1 Å². The van der Waals surface area contributed by atoms with Gasteiger partial charge in [0.15, 0.2) is 0 Å². The molecule has 0 spiro atoms. The van der Waals surface area contributed by atoms with E-state index in [2.05, 4.69) is 30.6 Å². The Bertz CT molecular complexity index is 1830. The Labute approximate surface area is 251 Å². The third-order valence-corrected chi connectivity index (χ3v) is 9.91. The number of carboxylic acids is 1. The number of carboxylic acid groups (broad SMARTS) is 1. The molecule has 0 bridgehead atoms. The number of sulfonamides is 2. The highest BCUT2D eigenvalue weighted by molar-refractivity contribution is 9.10. The lowest BCUT2D eigenvalue weighted by Gasteiger charge is -2.18. The summed E-state index contributed by atoms with van der Waals surface area (Å²) in [5.74, 6) is -2.84. The van der Waals surface area contributed by atoms with Crippen LogP contribution in [0.1, 0.15) is 34.7 Å². The molecule has 0 aliphatic carbocycles. The van der Waals surface area contributed by atoms with Crippen molar-refractivity contribution in [3.05, 3.63) is 94.2 Å². The number of hydrogen-bond acceptors (Lipinski definition) is 7. The molecule has 1 amide bonds. The Morgan fingerprint density at radius 1 is 1.07 bits per heavy atom. The molecule has 2 heterocycles. The Hall–Kier alpha value is -3.80. The average molecular weight is 704 g/mol. The van der Waals surface area contributed by atoms with Crippen LogP contribution >= 0.6 is 15.9 Å². The van der Waals surface area contributed by atoms with Crippen molar-refractivity contribution >= 4 is 58.9 Å². The normalized spacial score (nSPS) is 17.1. The highest BCUT2D eigenvalue weighted by atomic mass is 79.9. The molecule has 0 saturated carbocycles. The first-order valence-electron chi connectivity index (χ1n) is 12.2. The summed E-state index contributed by atoms with van der Waals surface area (Å²) in [5, 5.41) is 6.18. The van der Waals surface area contributed by atoms with E-state index < -0.39 is 49.4 Å². The molecule has 228 valence electrons. The van der Waals surface area contributed by atoms with E-state index in [-0.39, 0.29) is 17.7 Å². The summed E-state index contributed by atoms with van der Waals surface area (Å²) in [6, 6.07) is 19.8. The molecule has 0 radical (unpaired) electrons. The number of amides is 1. The van der Waals surface area contributed by atoms with Gasteiger partial charge in [0.2, 0.25) is 26.0 Å². The van der Waals surface area contributed by atoms with Crippen LogP contribution in [0.25, 0.3) is 11.0 Å². The van der Waals surface area contributed by atoms with Gasteiger partial charge in [-0.1, -0.05) is 52.3 Å². The lowest BCUT2D eigenvalue weighted by Crippen LogP contribution is -2.31. The first kappa shape index (κ1) is 32.1. The van der Waals surface area contributed by atoms with Crippen LogP contribution in [0.5, 0.6) is 0 Å². The number of halogens is 4. The number of carbonyl (C=O) groups is 2. The average Bonchev–Trinajstić information content (AvgIpc) is 3.48. The Morgan fingerprint density at radius 2 is 1.67 bits per heavy atom. The highest BCUT2D eigenvalue weighted by Crippen LogP contribution is 2.31. The van der Waals surface area contributed by atoms with Gasteiger partial charge < -0.3 is 10.1 Å². The maximum absolute atomic E-state index is 13.2. The number of carbonyl (C=O) groups excluding carboxylic acids is 1. The fourth-order valence-electron chi connectivity index (χ4n) is 4.15. The van der Waals surface area contributed by atoms with Crippen molar-refractivity contribution in [2.45, 2.75) is 35.2 Å². The zero-order valence-electron chi connectivity index (χ0n) is 21.7. The van der Waals surface area contributed by atoms with Crippen LogP contribution in [-0.2, 0) is 36.1 Å². The number of nitrogens with one attached hydrogen (secondary N) is 3. The maximum Gasteiger partial charge on any atom is 0.490 e. The van der Waals surface area contributed by atoms with E-state index in [0.29, 0.717) is 16.9 Å². The lowest BCUT2D eigenvalue weighted by molar-refractivity contribution is -0.192.